The van der Waals surface area contributed by atoms with E-state index in [0.29, 0.717) is 11.5 Å². The van der Waals surface area contributed by atoms with Gasteiger partial charge in [-0.05, 0) is 41.7 Å². The second kappa shape index (κ2) is 14.0. The quantitative estimate of drug-likeness (QED) is 0.134. The summed E-state index contributed by atoms with van der Waals surface area (Å²) in [5, 5.41) is 0. The van der Waals surface area contributed by atoms with Gasteiger partial charge in [0.2, 0.25) is 10.0 Å². The predicted molar refractivity (Wildman–Crippen MR) is 149 cm³/mol. The zero-order chi connectivity index (χ0) is 26.2. The molecule has 4 nitrogen and oxygen atoms in total. The maximum Gasteiger partial charge on any atom is 0.242 e. The monoisotopic (exact) mass is 622 g/mol. The van der Waals surface area contributed by atoms with E-state index in [4.69, 9.17) is 17.3 Å². The molecule has 196 valence electrons. The molecule has 0 aliphatic carbocycles. The average Bonchev–Trinajstić information content (AvgIpc) is 2.90. The zero-order valence-corrected chi connectivity index (χ0v) is 24.5. The van der Waals surface area contributed by atoms with E-state index >= 15 is 0 Å². The van der Waals surface area contributed by atoms with Gasteiger partial charge in [0, 0.05) is 19.5 Å². The van der Waals surface area contributed by atoms with Crippen LogP contribution in [-0.4, -0.2) is 8.42 Å². The summed E-state index contributed by atoms with van der Waals surface area (Å²) in [6.45, 7) is 6.54. The van der Waals surface area contributed by atoms with Crippen LogP contribution in [0, 0.1) is 6.92 Å². The molecular formula is C30H33ClN2O2RuS. The molecule has 0 heterocycles. The SMILES string of the molecule is Cc1ccc(C(C)C)cc1.N[C@H](c1ccccc1)[C@](Cl)(NS(=O)(=O)c1ccccc1)c1ccccc1.[Ru]. The van der Waals surface area contributed by atoms with E-state index in [1.54, 1.807) is 42.5 Å². The molecule has 2 atom stereocenters. The number of hydrogen-bond donors (Lipinski definition) is 2. The second-order valence-electron chi connectivity index (χ2n) is 8.95. The molecule has 0 saturated heterocycles. The first-order valence-electron chi connectivity index (χ1n) is 11.8. The molecule has 4 aromatic rings. The van der Waals surface area contributed by atoms with Gasteiger partial charge in [-0.25, -0.2) is 8.42 Å². The van der Waals surface area contributed by atoms with Crippen molar-refractivity contribution in [3.05, 3.63) is 138 Å². The number of alkyl halides is 1. The van der Waals surface area contributed by atoms with Crippen LogP contribution in [0.25, 0.3) is 0 Å². The average molecular weight is 622 g/mol. The van der Waals surface area contributed by atoms with Crippen LogP contribution in [0.4, 0.5) is 0 Å². The number of aryl methyl sites for hydroxylation is 1. The van der Waals surface area contributed by atoms with Crippen molar-refractivity contribution in [2.24, 2.45) is 5.73 Å². The molecule has 0 unspecified atom stereocenters. The topological polar surface area (TPSA) is 72.2 Å². The molecule has 0 radical (unpaired) electrons. The third-order valence-corrected chi connectivity index (χ3v) is 8.00. The Morgan fingerprint density at radius 3 is 1.68 bits per heavy atom. The minimum absolute atomic E-state index is 0. The summed E-state index contributed by atoms with van der Waals surface area (Å²) in [5.74, 6) is 0.653. The fourth-order valence-electron chi connectivity index (χ4n) is 3.68. The van der Waals surface area contributed by atoms with Crippen LogP contribution in [0.3, 0.4) is 0 Å². The van der Waals surface area contributed by atoms with Gasteiger partial charge in [0.05, 0.1) is 10.9 Å². The number of nitrogens with two attached hydrogens (primary N) is 1. The molecule has 4 rings (SSSR count). The maximum absolute atomic E-state index is 12.9. The molecule has 0 amide bonds. The van der Waals surface area contributed by atoms with Crippen molar-refractivity contribution in [2.45, 2.75) is 42.6 Å². The van der Waals surface area contributed by atoms with E-state index in [-0.39, 0.29) is 24.4 Å². The number of hydrogen-bond acceptors (Lipinski definition) is 3. The third kappa shape index (κ3) is 8.33. The minimum Gasteiger partial charge on any atom is -0.321 e. The maximum atomic E-state index is 12.9. The Labute approximate surface area is 239 Å². The number of sulfonamides is 1. The van der Waals surface area contributed by atoms with E-state index in [1.165, 1.54) is 23.3 Å². The molecule has 0 aliphatic heterocycles. The van der Waals surface area contributed by atoms with Crippen LogP contribution >= 0.6 is 11.6 Å². The van der Waals surface area contributed by atoms with E-state index in [9.17, 15) is 8.42 Å². The molecular weight excluding hydrogens is 589 g/mol. The van der Waals surface area contributed by atoms with Crippen LogP contribution in [0.15, 0.2) is 120 Å². The largest absolute Gasteiger partial charge is 0.321 e. The Balaban J connectivity index is 0.000000369. The first-order valence-corrected chi connectivity index (χ1v) is 13.7. The smallest absolute Gasteiger partial charge is 0.242 e. The van der Waals surface area contributed by atoms with E-state index < -0.39 is 21.1 Å². The summed E-state index contributed by atoms with van der Waals surface area (Å²) in [7, 11) is -3.88. The van der Waals surface area contributed by atoms with Gasteiger partial charge in [-0.15, -0.1) is 0 Å². The van der Waals surface area contributed by atoms with E-state index in [0.717, 1.165) is 5.56 Å². The van der Waals surface area contributed by atoms with Crippen molar-refractivity contribution in [3.63, 3.8) is 0 Å². The van der Waals surface area contributed by atoms with Gasteiger partial charge >= 0.3 is 0 Å². The molecule has 0 aromatic heterocycles. The number of rotatable bonds is 7. The van der Waals surface area contributed by atoms with E-state index in [2.05, 4.69) is 49.8 Å². The summed E-state index contributed by atoms with van der Waals surface area (Å²) in [5.41, 5.74) is 10.5. The standard InChI is InChI=1S/C20H19ClN2O2S.C10H14.Ru/c21-20(17-12-6-2-7-13-17,19(22)16-10-4-1-5-11-16)23-26(24,25)18-14-8-3-9-15-18;1-8(2)10-6-4-9(3)5-7-10;/h1-15,19,23H,22H2;4-8H,1-3H3;/t19-,20-;;/m1../s1. The van der Waals surface area contributed by atoms with E-state index in [1.807, 2.05) is 36.4 Å². The Morgan fingerprint density at radius 2 is 1.19 bits per heavy atom. The summed E-state index contributed by atoms with van der Waals surface area (Å²) in [4.78, 5) is -1.42. The number of halogens is 1. The van der Waals surface area contributed by atoms with Crippen molar-refractivity contribution in [1.82, 2.24) is 4.72 Å². The molecule has 0 aliphatic rings. The Morgan fingerprint density at radius 1 is 0.730 bits per heavy atom. The molecule has 0 spiro atoms. The van der Waals surface area contributed by atoms with Crippen molar-refractivity contribution in [1.29, 1.82) is 0 Å². The van der Waals surface area contributed by atoms with Crippen molar-refractivity contribution in [3.8, 4) is 0 Å². The van der Waals surface area contributed by atoms with Gasteiger partial charge in [-0.3, -0.25) is 0 Å². The van der Waals surface area contributed by atoms with Gasteiger partial charge < -0.3 is 5.73 Å². The first-order chi connectivity index (χ1) is 17.1. The second-order valence-corrected chi connectivity index (χ2v) is 11.2. The minimum atomic E-state index is -3.88. The van der Waals surface area contributed by atoms with Crippen LogP contribution in [0.1, 0.15) is 48.1 Å². The van der Waals surface area contributed by atoms with Gasteiger partial charge in [-0.1, -0.05) is 134 Å². The van der Waals surface area contributed by atoms with Gasteiger partial charge in [-0.2, -0.15) is 4.72 Å². The van der Waals surface area contributed by atoms with Gasteiger partial charge in [0.15, 0.2) is 5.00 Å². The summed E-state index contributed by atoms with van der Waals surface area (Å²) in [6, 6.07) is 34.1. The summed E-state index contributed by atoms with van der Waals surface area (Å²) >= 11 is 6.87. The molecule has 0 saturated carbocycles. The molecule has 0 bridgehead atoms. The Kier molecular flexibility index (Phi) is 11.7. The first kappa shape index (κ1) is 30.9. The molecule has 7 heteroatoms. The zero-order valence-electron chi connectivity index (χ0n) is 21.2. The van der Waals surface area contributed by atoms with Crippen LogP contribution in [0.2, 0.25) is 0 Å². The van der Waals surface area contributed by atoms with Crippen molar-refractivity contribution in [2.75, 3.05) is 0 Å². The van der Waals surface area contributed by atoms with Crippen LogP contribution in [-0.2, 0) is 34.5 Å². The fourth-order valence-corrected chi connectivity index (χ4v) is 5.50. The summed E-state index contributed by atoms with van der Waals surface area (Å²) < 4.78 is 28.4. The van der Waals surface area contributed by atoms with Crippen molar-refractivity contribution < 1.29 is 27.9 Å². The van der Waals surface area contributed by atoms with Crippen LogP contribution < -0.4 is 10.5 Å². The predicted octanol–water partition coefficient (Wildman–Crippen LogP) is 6.87. The summed E-state index contributed by atoms with van der Waals surface area (Å²) in [6.07, 6.45) is 0. The number of nitrogens with one attached hydrogen (secondary N) is 1. The van der Waals surface area contributed by atoms with Crippen LogP contribution in [0.5, 0.6) is 0 Å². The fraction of sp³-hybridized carbons (Fsp3) is 0.200. The molecule has 3 N–H and O–H groups in total. The molecule has 0 fully saturated rings. The number of benzene rings is 4. The Bertz CT molecular complexity index is 1320. The van der Waals surface area contributed by atoms with Gasteiger partial charge in [0.25, 0.3) is 0 Å². The van der Waals surface area contributed by atoms with Crippen molar-refractivity contribution >= 4 is 21.6 Å². The van der Waals surface area contributed by atoms with Gasteiger partial charge in [0.1, 0.15) is 0 Å². The normalized spacial score (nSPS) is 13.5. The molecule has 4 aromatic carbocycles. The third-order valence-electron chi connectivity index (χ3n) is 5.86. The molecule has 37 heavy (non-hydrogen) atoms. The Hall–Kier alpha value is -2.34.